The molecule has 1 aliphatic rings. The quantitative estimate of drug-likeness (QED) is 0.748. The van der Waals surface area contributed by atoms with Gasteiger partial charge in [-0.25, -0.2) is 12.4 Å². The van der Waals surface area contributed by atoms with E-state index in [-0.39, 0.29) is 0 Å². The highest BCUT2D eigenvalue weighted by Crippen LogP contribution is 2.41. The first-order chi connectivity index (χ1) is 12.3. The number of nitrogens with zero attached hydrogens (tertiary/aromatic N) is 1. The Labute approximate surface area is 154 Å². The molecule has 1 fully saturated rings. The molecule has 0 saturated heterocycles. The summed E-state index contributed by atoms with van der Waals surface area (Å²) in [5, 5.41) is 11.3. The molecule has 0 amide bonds. The first kappa shape index (κ1) is 17.3. The average molecular weight is 369 g/mol. The van der Waals surface area contributed by atoms with E-state index in [2.05, 4.69) is 0 Å². The van der Waals surface area contributed by atoms with Crippen LogP contribution < -0.4 is 0 Å². The van der Waals surface area contributed by atoms with Crippen LogP contribution in [0.2, 0.25) is 0 Å². The first-order valence-corrected chi connectivity index (χ1v) is 10.4. The van der Waals surface area contributed by atoms with Crippen molar-refractivity contribution in [1.82, 2.24) is 3.97 Å². The highest BCUT2D eigenvalue weighted by molar-refractivity contribution is 7.90. The number of aliphatic hydroxyl groups is 1. The molecule has 1 N–H and O–H groups in total. The van der Waals surface area contributed by atoms with Gasteiger partial charge in [-0.2, -0.15) is 0 Å². The summed E-state index contributed by atoms with van der Waals surface area (Å²) in [6.07, 6.45) is 3.14. The lowest BCUT2D eigenvalue weighted by molar-refractivity contribution is 0.154. The van der Waals surface area contributed by atoms with Crippen molar-refractivity contribution in [2.75, 3.05) is 0 Å². The number of aliphatic hydroxyl groups excluding tert-OH is 1. The molecule has 1 aliphatic carbocycles. The maximum absolute atomic E-state index is 13.4. The Morgan fingerprint density at radius 2 is 1.69 bits per heavy atom. The van der Waals surface area contributed by atoms with E-state index in [4.69, 9.17) is 0 Å². The Balaban J connectivity index is 1.89. The molecule has 4 nitrogen and oxygen atoms in total. The molecule has 5 heteroatoms. The second-order valence-corrected chi connectivity index (χ2v) is 9.20. The SMILES string of the molecule is Cc1cc(C)c(S(=O)(=O)n2ccc3ccc(C(O)C4CC4)cc32)c(C)c1. The van der Waals surface area contributed by atoms with Crippen LogP contribution in [0.3, 0.4) is 0 Å². The van der Waals surface area contributed by atoms with Gasteiger partial charge >= 0.3 is 0 Å². The van der Waals surface area contributed by atoms with Gasteiger partial charge in [-0.05, 0) is 68.4 Å². The number of rotatable bonds is 4. The van der Waals surface area contributed by atoms with Crippen LogP contribution in [0, 0.1) is 26.7 Å². The van der Waals surface area contributed by atoms with E-state index in [1.165, 1.54) is 3.97 Å². The normalized spacial score (nSPS) is 16.2. The van der Waals surface area contributed by atoms with Crippen LogP contribution in [0.15, 0.2) is 47.5 Å². The molecule has 1 atom stereocenters. The van der Waals surface area contributed by atoms with Gasteiger partial charge in [0.15, 0.2) is 0 Å². The number of aromatic nitrogens is 1. The van der Waals surface area contributed by atoms with Crippen LogP contribution in [0.1, 0.15) is 41.2 Å². The van der Waals surface area contributed by atoms with E-state index in [0.29, 0.717) is 16.3 Å². The van der Waals surface area contributed by atoms with E-state index in [0.717, 1.165) is 40.5 Å². The first-order valence-electron chi connectivity index (χ1n) is 8.91. The Morgan fingerprint density at radius 1 is 1.04 bits per heavy atom. The number of aryl methyl sites for hydroxylation is 3. The average Bonchev–Trinajstić information content (AvgIpc) is 3.31. The predicted octanol–water partition coefficient (Wildman–Crippen LogP) is 4.25. The fourth-order valence-corrected chi connectivity index (χ4v) is 5.64. The van der Waals surface area contributed by atoms with Gasteiger partial charge in [0, 0.05) is 11.6 Å². The van der Waals surface area contributed by atoms with Gasteiger partial charge in [0.25, 0.3) is 10.0 Å². The number of fused-ring (bicyclic) bond motifs is 1. The lowest BCUT2D eigenvalue weighted by atomic mass is 10.0. The summed E-state index contributed by atoms with van der Waals surface area (Å²) in [5.41, 5.74) is 3.94. The minimum atomic E-state index is -3.71. The molecule has 1 saturated carbocycles. The fourth-order valence-electron chi connectivity index (χ4n) is 3.87. The lowest BCUT2D eigenvalue weighted by Gasteiger charge is -2.15. The molecule has 1 heterocycles. The van der Waals surface area contributed by atoms with Gasteiger partial charge in [0.05, 0.1) is 16.5 Å². The summed E-state index contributed by atoms with van der Waals surface area (Å²) in [6, 6.07) is 11.2. The summed E-state index contributed by atoms with van der Waals surface area (Å²) in [4.78, 5) is 0.355. The molecule has 1 unspecified atom stereocenters. The minimum Gasteiger partial charge on any atom is -0.388 e. The second kappa shape index (κ2) is 5.96. The summed E-state index contributed by atoms with van der Waals surface area (Å²) < 4.78 is 28.1. The van der Waals surface area contributed by atoms with Crippen molar-refractivity contribution in [2.45, 2.75) is 44.6 Å². The largest absolute Gasteiger partial charge is 0.388 e. The Morgan fingerprint density at radius 3 is 2.31 bits per heavy atom. The van der Waals surface area contributed by atoms with Crippen molar-refractivity contribution in [3.63, 3.8) is 0 Å². The standard InChI is InChI=1S/C21H23NO3S/c1-13-10-14(2)21(15(3)11-13)26(24,25)22-9-8-16-4-7-18(12-19(16)22)20(23)17-5-6-17/h4,7-12,17,20,23H,5-6H2,1-3H3. The zero-order valence-electron chi connectivity index (χ0n) is 15.2. The number of benzene rings is 2. The Hall–Kier alpha value is -2.11. The zero-order chi connectivity index (χ0) is 18.6. The Kier molecular flexibility index (Phi) is 3.97. The molecular formula is C21H23NO3S. The van der Waals surface area contributed by atoms with E-state index >= 15 is 0 Å². The predicted molar refractivity (Wildman–Crippen MR) is 103 cm³/mol. The summed E-state index contributed by atoms with van der Waals surface area (Å²) >= 11 is 0. The molecule has 1 aromatic heterocycles. The van der Waals surface area contributed by atoms with Crippen LogP contribution in [0.5, 0.6) is 0 Å². The van der Waals surface area contributed by atoms with Crippen LogP contribution >= 0.6 is 0 Å². The monoisotopic (exact) mass is 369 g/mol. The van der Waals surface area contributed by atoms with Crippen LogP contribution in [-0.4, -0.2) is 17.5 Å². The second-order valence-electron chi connectivity index (χ2n) is 7.44. The lowest BCUT2D eigenvalue weighted by Crippen LogP contribution is -2.15. The third-order valence-corrected chi connectivity index (χ3v) is 7.21. The van der Waals surface area contributed by atoms with Crippen LogP contribution in [-0.2, 0) is 10.0 Å². The van der Waals surface area contributed by atoms with Crippen molar-refractivity contribution >= 4 is 20.9 Å². The van der Waals surface area contributed by atoms with Gasteiger partial charge in [-0.1, -0.05) is 29.8 Å². The van der Waals surface area contributed by atoms with Gasteiger partial charge in [-0.3, -0.25) is 0 Å². The van der Waals surface area contributed by atoms with Crippen molar-refractivity contribution in [3.05, 3.63) is 64.8 Å². The molecule has 0 aliphatic heterocycles. The smallest absolute Gasteiger partial charge is 0.268 e. The van der Waals surface area contributed by atoms with Gasteiger partial charge in [0.1, 0.15) is 0 Å². The van der Waals surface area contributed by atoms with Crippen molar-refractivity contribution in [1.29, 1.82) is 0 Å². The molecule has 2 aromatic carbocycles. The molecular weight excluding hydrogens is 346 g/mol. The number of hydrogen-bond acceptors (Lipinski definition) is 3. The van der Waals surface area contributed by atoms with Crippen molar-refractivity contribution < 1.29 is 13.5 Å². The molecule has 0 spiro atoms. The molecule has 26 heavy (non-hydrogen) atoms. The van der Waals surface area contributed by atoms with E-state index in [1.54, 1.807) is 12.3 Å². The third-order valence-electron chi connectivity index (χ3n) is 5.21. The number of hydrogen-bond donors (Lipinski definition) is 1. The molecule has 4 rings (SSSR count). The van der Waals surface area contributed by atoms with Gasteiger partial charge < -0.3 is 5.11 Å². The summed E-state index contributed by atoms with van der Waals surface area (Å²) in [5.74, 6) is 0.300. The van der Waals surface area contributed by atoms with Crippen LogP contribution in [0.4, 0.5) is 0 Å². The van der Waals surface area contributed by atoms with Crippen molar-refractivity contribution in [3.8, 4) is 0 Å². The Bertz CT molecular complexity index is 1080. The van der Waals surface area contributed by atoms with E-state index in [1.807, 2.05) is 51.1 Å². The summed E-state index contributed by atoms with van der Waals surface area (Å²) in [7, 11) is -3.71. The topological polar surface area (TPSA) is 59.3 Å². The molecule has 136 valence electrons. The van der Waals surface area contributed by atoms with Gasteiger partial charge in [0.2, 0.25) is 0 Å². The highest BCUT2D eigenvalue weighted by Gasteiger charge is 2.31. The van der Waals surface area contributed by atoms with E-state index < -0.39 is 16.1 Å². The summed E-state index contributed by atoms with van der Waals surface area (Å²) in [6.45, 7) is 5.63. The van der Waals surface area contributed by atoms with E-state index in [9.17, 15) is 13.5 Å². The van der Waals surface area contributed by atoms with Crippen molar-refractivity contribution in [2.24, 2.45) is 5.92 Å². The maximum Gasteiger partial charge on any atom is 0.268 e. The minimum absolute atomic E-state index is 0.300. The molecule has 0 bridgehead atoms. The maximum atomic E-state index is 13.4. The van der Waals surface area contributed by atoms with Crippen LogP contribution in [0.25, 0.3) is 10.9 Å². The molecule has 0 radical (unpaired) electrons. The zero-order valence-corrected chi connectivity index (χ0v) is 16.0. The third kappa shape index (κ3) is 2.75. The highest BCUT2D eigenvalue weighted by atomic mass is 32.2. The molecule has 3 aromatic rings. The van der Waals surface area contributed by atoms with Gasteiger partial charge in [-0.15, -0.1) is 0 Å². The fraction of sp³-hybridized carbons (Fsp3) is 0.333.